The second kappa shape index (κ2) is 5.95. The Hall–Kier alpha value is -1.18. The number of esters is 1. The molecule has 17 heavy (non-hydrogen) atoms. The van der Waals surface area contributed by atoms with Crippen LogP contribution in [0.5, 0.6) is 5.75 Å². The Morgan fingerprint density at radius 2 is 2.12 bits per heavy atom. The molecule has 1 aromatic heterocycles. The number of halogens is 1. The van der Waals surface area contributed by atoms with Gasteiger partial charge < -0.3 is 9.84 Å². The van der Waals surface area contributed by atoms with Crippen molar-refractivity contribution in [2.45, 2.75) is 20.3 Å². The SMILES string of the molecule is Cc1cc(C(=O)O)nc(C)c1OC(=O)CCI. The number of carboxylic acid groups (broad SMARTS) is 1. The summed E-state index contributed by atoms with van der Waals surface area (Å²) in [7, 11) is 0. The lowest BCUT2D eigenvalue weighted by atomic mass is 10.2. The van der Waals surface area contributed by atoms with Crippen molar-refractivity contribution in [1.29, 1.82) is 0 Å². The summed E-state index contributed by atoms with van der Waals surface area (Å²) in [6.07, 6.45) is 0.320. The van der Waals surface area contributed by atoms with E-state index in [2.05, 4.69) is 27.6 Å². The number of pyridine rings is 1. The maximum Gasteiger partial charge on any atom is 0.354 e. The second-order valence-corrected chi connectivity index (χ2v) is 4.54. The summed E-state index contributed by atoms with van der Waals surface area (Å²) in [5.74, 6) is -1.08. The molecule has 0 atom stereocenters. The fraction of sp³-hybridized carbons (Fsp3) is 0.364. The molecule has 5 nitrogen and oxygen atoms in total. The van der Waals surface area contributed by atoms with Crippen LogP contribution in [0.3, 0.4) is 0 Å². The molecule has 0 radical (unpaired) electrons. The topological polar surface area (TPSA) is 76.5 Å². The van der Waals surface area contributed by atoms with Gasteiger partial charge in [0.2, 0.25) is 0 Å². The Morgan fingerprint density at radius 3 is 2.59 bits per heavy atom. The van der Waals surface area contributed by atoms with E-state index in [4.69, 9.17) is 9.84 Å². The molecule has 0 aliphatic rings. The first-order valence-corrected chi connectivity index (χ1v) is 6.46. The van der Waals surface area contributed by atoms with Crippen molar-refractivity contribution >= 4 is 34.5 Å². The molecule has 1 N–H and O–H groups in total. The van der Waals surface area contributed by atoms with Crippen molar-refractivity contribution in [2.75, 3.05) is 4.43 Å². The highest BCUT2D eigenvalue weighted by molar-refractivity contribution is 14.1. The molecule has 0 bridgehead atoms. The first-order chi connectivity index (χ1) is 7.95. The number of aromatic nitrogens is 1. The molecular weight excluding hydrogens is 337 g/mol. The van der Waals surface area contributed by atoms with Gasteiger partial charge in [-0.25, -0.2) is 9.78 Å². The highest BCUT2D eigenvalue weighted by Gasteiger charge is 2.14. The molecule has 0 aliphatic carbocycles. The largest absolute Gasteiger partial charge is 0.477 e. The molecule has 1 rings (SSSR count). The summed E-state index contributed by atoms with van der Waals surface area (Å²) >= 11 is 2.08. The molecule has 1 aromatic rings. The van der Waals surface area contributed by atoms with Gasteiger partial charge in [0.25, 0.3) is 0 Å². The van der Waals surface area contributed by atoms with Crippen LogP contribution in [0.15, 0.2) is 6.07 Å². The van der Waals surface area contributed by atoms with E-state index in [-0.39, 0.29) is 11.7 Å². The Labute approximate surface area is 112 Å². The van der Waals surface area contributed by atoms with Crippen molar-refractivity contribution in [3.63, 3.8) is 0 Å². The van der Waals surface area contributed by atoms with E-state index in [0.717, 1.165) is 0 Å². The lowest BCUT2D eigenvalue weighted by molar-refractivity contribution is -0.133. The van der Waals surface area contributed by atoms with E-state index in [0.29, 0.717) is 27.9 Å². The van der Waals surface area contributed by atoms with Gasteiger partial charge in [0.1, 0.15) is 5.69 Å². The van der Waals surface area contributed by atoms with Crippen molar-refractivity contribution in [1.82, 2.24) is 4.98 Å². The van der Waals surface area contributed by atoms with Crippen molar-refractivity contribution in [3.8, 4) is 5.75 Å². The third-order valence-electron chi connectivity index (χ3n) is 2.06. The average Bonchev–Trinajstić information content (AvgIpc) is 2.23. The Bertz CT molecular complexity index is 436. The molecule has 0 spiro atoms. The van der Waals surface area contributed by atoms with E-state index < -0.39 is 5.97 Å². The normalized spacial score (nSPS) is 10.1. The summed E-state index contributed by atoms with van der Waals surface area (Å²) in [5.41, 5.74) is 0.953. The maximum absolute atomic E-state index is 11.4. The number of aromatic carboxylic acids is 1. The zero-order valence-corrected chi connectivity index (χ0v) is 11.6. The van der Waals surface area contributed by atoms with Gasteiger partial charge in [-0.1, -0.05) is 22.6 Å². The van der Waals surface area contributed by atoms with E-state index in [1.807, 2.05) is 0 Å². The number of rotatable bonds is 4. The lowest BCUT2D eigenvalue weighted by Gasteiger charge is -2.10. The molecule has 0 aromatic carbocycles. The van der Waals surface area contributed by atoms with Crippen LogP contribution in [0.25, 0.3) is 0 Å². The van der Waals surface area contributed by atoms with Crippen LogP contribution in [0.4, 0.5) is 0 Å². The quantitative estimate of drug-likeness (QED) is 0.512. The van der Waals surface area contributed by atoms with Crippen LogP contribution in [0.1, 0.15) is 28.2 Å². The number of carboxylic acids is 1. The molecule has 0 unspecified atom stereocenters. The van der Waals surface area contributed by atoms with Crippen LogP contribution in [0.2, 0.25) is 0 Å². The fourth-order valence-electron chi connectivity index (χ4n) is 1.33. The minimum atomic E-state index is -1.10. The zero-order chi connectivity index (χ0) is 13.0. The predicted octanol–water partition coefficient (Wildman–Crippen LogP) is 2.13. The van der Waals surface area contributed by atoms with Gasteiger partial charge in [-0.05, 0) is 25.5 Å². The standard InChI is InChI=1S/C11H12INO4/c1-6-5-8(11(15)16)13-7(2)10(6)17-9(14)3-4-12/h5H,3-4H2,1-2H3,(H,15,16). The molecule has 0 aliphatic heterocycles. The summed E-state index contributed by atoms with van der Waals surface area (Å²) < 4.78 is 5.83. The molecule has 0 amide bonds. The van der Waals surface area contributed by atoms with Crippen LogP contribution in [0, 0.1) is 13.8 Å². The number of carbonyl (C=O) groups excluding carboxylic acids is 1. The number of carbonyl (C=O) groups is 2. The zero-order valence-electron chi connectivity index (χ0n) is 9.49. The number of hydrogen-bond donors (Lipinski definition) is 1. The number of aryl methyl sites for hydroxylation is 2. The highest BCUT2D eigenvalue weighted by atomic mass is 127. The van der Waals surface area contributed by atoms with Gasteiger partial charge in [-0.3, -0.25) is 4.79 Å². The molecule has 0 fully saturated rings. The van der Waals surface area contributed by atoms with E-state index in [1.54, 1.807) is 13.8 Å². The molecular formula is C11H12INO4. The van der Waals surface area contributed by atoms with Crippen molar-refractivity contribution < 1.29 is 19.4 Å². The smallest absolute Gasteiger partial charge is 0.354 e. The Kier molecular flexibility index (Phi) is 4.86. The summed E-state index contributed by atoms with van der Waals surface area (Å²) in [5, 5.41) is 8.82. The number of alkyl halides is 1. The van der Waals surface area contributed by atoms with Gasteiger partial charge in [0.15, 0.2) is 5.75 Å². The van der Waals surface area contributed by atoms with E-state index in [1.165, 1.54) is 6.07 Å². The van der Waals surface area contributed by atoms with Crippen molar-refractivity contribution in [2.24, 2.45) is 0 Å². The van der Waals surface area contributed by atoms with Crippen LogP contribution < -0.4 is 4.74 Å². The summed E-state index contributed by atoms with van der Waals surface area (Å²) in [6.45, 7) is 3.31. The van der Waals surface area contributed by atoms with Crippen LogP contribution in [-0.2, 0) is 4.79 Å². The van der Waals surface area contributed by atoms with Crippen LogP contribution >= 0.6 is 22.6 Å². The lowest BCUT2D eigenvalue weighted by Crippen LogP contribution is -2.12. The predicted molar refractivity (Wildman–Crippen MR) is 69.8 cm³/mol. The van der Waals surface area contributed by atoms with Crippen molar-refractivity contribution in [3.05, 3.63) is 23.0 Å². The fourth-order valence-corrected chi connectivity index (χ4v) is 1.77. The summed E-state index contributed by atoms with van der Waals surface area (Å²) in [6, 6.07) is 1.39. The first kappa shape index (κ1) is 13.9. The molecule has 0 saturated heterocycles. The molecule has 0 saturated carbocycles. The molecule has 92 valence electrons. The van der Waals surface area contributed by atoms with Gasteiger partial charge in [0.05, 0.1) is 12.1 Å². The van der Waals surface area contributed by atoms with E-state index >= 15 is 0 Å². The molecule has 6 heteroatoms. The minimum Gasteiger partial charge on any atom is -0.477 e. The minimum absolute atomic E-state index is 0.0475. The van der Waals surface area contributed by atoms with Gasteiger partial charge >= 0.3 is 11.9 Å². The van der Waals surface area contributed by atoms with Gasteiger partial charge in [0, 0.05) is 4.43 Å². The Balaban J connectivity index is 3.01. The monoisotopic (exact) mass is 349 g/mol. The average molecular weight is 349 g/mol. The Morgan fingerprint density at radius 1 is 1.47 bits per heavy atom. The van der Waals surface area contributed by atoms with Crippen LogP contribution in [-0.4, -0.2) is 26.5 Å². The van der Waals surface area contributed by atoms with E-state index in [9.17, 15) is 9.59 Å². The number of nitrogens with zero attached hydrogens (tertiary/aromatic N) is 1. The second-order valence-electron chi connectivity index (χ2n) is 3.46. The number of ether oxygens (including phenoxy) is 1. The highest BCUT2D eigenvalue weighted by Crippen LogP contribution is 2.22. The van der Waals surface area contributed by atoms with Gasteiger partial charge in [-0.2, -0.15) is 0 Å². The number of hydrogen-bond acceptors (Lipinski definition) is 4. The first-order valence-electron chi connectivity index (χ1n) is 4.94. The van der Waals surface area contributed by atoms with Gasteiger partial charge in [-0.15, -0.1) is 0 Å². The third-order valence-corrected chi connectivity index (χ3v) is 2.60. The maximum atomic E-state index is 11.4. The third kappa shape index (κ3) is 3.65. The summed E-state index contributed by atoms with van der Waals surface area (Å²) in [4.78, 5) is 26.0. The molecule has 1 heterocycles.